The van der Waals surface area contributed by atoms with Gasteiger partial charge in [0.25, 0.3) is 0 Å². The van der Waals surface area contributed by atoms with Gasteiger partial charge < -0.3 is 4.52 Å². The van der Waals surface area contributed by atoms with Gasteiger partial charge in [-0.05, 0) is 0 Å². The van der Waals surface area contributed by atoms with Gasteiger partial charge >= 0.3 is 8.69 Å². The van der Waals surface area contributed by atoms with Gasteiger partial charge in [0.2, 0.25) is 0 Å². The van der Waals surface area contributed by atoms with E-state index < -0.39 is 8.69 Å². The molecule has 0 spiro atoms. The molecule has 0 aromatic rings. The highest BCUT2D eigenvalue weighted by Gasteiger charge is 1.57. The molecule has 0 amide bonds. The van der Waals surface area contributed by atoms with E-state index in [1.165, 1.54) is 0 Å². The highest BCUT2D eigenvalue weighted by Crippen LogP contribution is 1.86. The van der Waals surface area contributed by atoms with E-state index in [0.717, 1.165) is 0 Å². The number of rotatable bonds is 1. The Labute approximate surface area is 31.4 Å². The van der Waals surface area contributed by atoms with Crippen LogP contribution in [-0.2, 0) is 9.09 Å². The quantitative estimate of drug-likeness (QED) is 0.350. The van der Waals surface area contributed by atoms with Crippen LogP contribution in [0.2, 0.25) is 0 Å². The predicted molar refractivity (Wildman–Crippen MR) is 17.5 cm³/mol. The van der Waals surface area contributed by atoms with E-state index in [2.05, 4.69) is 10.9 Å². The van der Waals surface area contributed by atoms with Crippen LogP contribution < -0.4 is 0 Å². The molecular weight excluding hydrogens is 87.0 g/mol. The molecule has 0 radical (unpaired) electrons. The van der Waals surface area contributed by atoms with E-state index in [9.17, 15) is 0 Å². The SMILES string of the molecule is C#COP=O. The molecule has 0 aromatic heterocycles. The fourth-order valence-electron chi connectivity index (χ4n) is 0.0215. The smallest absolute Gasteiger partial charge is 0.353 e. The van der Waals surface area contributed by atoms with E-state index in [0.29, 0.717) is 0 Å². The van der Waals surface area contributed by atoms with Gasteiger partial charge in [0.05, 0.1) is 0 Å². The molecule has 26 valence electrons. The predicted octanol–water partition coefficient (Wildman–Crippen LogP) is 0.800. The first-order valence-electron chi connectivity index (χ1n) is 0.858. The van der Waals surface area contributed by atoms with Crippen molar-refractivity contribution in [2.24, 2.45) is 0 Å². The van der Waals surface area contributed by atoms with Crippen molar-refractivity contribution in [3.8, 4) is 12.5 Å². The zero-order chi connectivity index (χ0) is 4.12. The van der Waals surface area contributed by atoms with Crippen LogP contribution in [0.25, 0.3) is 0 Å². The Balaban J connectivity index is 2.75. The Morgan fingerprint density at radius 1 is 2.00 bits per heavy atom. The average Bonchev–Trinajstić information content (AvgIpc) is 1.41. The Morgan fingerprint density at radius 3 is 2.60 bits per heavy atom. The third kappa shape index (κ3) is 3.46. The normalized spacial score (nSPS) is 6.20. The van der Waals surface area contributed by atoms with E-state index >= 15 is 0 Å². The molecule has 3 heteroatoms. The number of hydrogen-bond acceptors (Lipinski definition) is 2. The molecule has 0 aliphatic heterocycles. The van der Waals surface area contributed by atoms with Crippen molar-refractivity contribution in [2.75, 3.05) is 0 Å². The molecule has 0 unspecified atom stereocenters. The second-order valence-corrected chi connectivity index (χ2v) is 0.615. The summed E-state index contributed by atoms with van der Waals surface area (Å²) in [5.74, 6) is 0. The maximum Gasteiger partial charge on any atom is 0.405 e. The average molecular weight is 88.0 g/mol. The van der Waals surface area contributed by atoms with Crippen molar-refractivity contribution in [3.63, 3.8) is 0 Å². The monoisotopic (exact) mass is 88.0 g/mol. The van der Waals surface area contributed by atoms with E-state index in [-0.39, 0.29) is 0 Å². The summed E-state index contributed by atoms with van der Waals surface area (Å²) in [6.45, 7) is 0. The molecule has 0 fully saturated rings. The molecule has 0 heterocycles. The van der Waals surface area contributed by atoms with Gasteiger partial charge in [0, 0.05) is 0 Å². The minimum Gasteiger partial charge on any atom is -0.353 e. The maximum atomic E-state index is 9.14. The molecular formula is C2HO2P. The van der Waals surface area contributed by atoms with Crippen LogP contribution in [0.5, 0.6) is 0 Å². The molecule has 0 aliphatic rings. The highest BCUT2D eigenvalue weighted by molar-refractivity contribution is 7.17. The number of terminal acetylenes is 1. The standard InChI is InChI=1S/C2HO2P/c1-2-4-5-3/h1H. The third-order valence-corrected chi connectivity index (χ3v) is 0.270. The van der Waals surface area contributed by atoms with Crippen LogP contribution in [0, 0.1) is 12.5 Å². The van der Waals surface area contributed by atoms with Crippen LogP contribution in [0.3, 0.4) is 0 Å². The third-order valence-electron chi connectivity index (χ3n) is 0.0900. The van der Waals surface area contributed by atoms with Crippen LogP contribution in [0.4, 0.5) is 0 Å². The molecule has 2 nitrogen and oxygen atoms in total. The molecule has 0 bridgehead atoms. The summed E-state index contributed by atoms with van der Waals surface area (Å²) in [4.78, 5) is 0. The van der Waals surface area contributed by atoms with Crippen molar-refractivity contribution >= 4 is 8.69 Å². The lowest BCUT2D eigenvalue weighted by atomic mass is 11.3. The van der Waals surface area contributed by atoms with Crippen molar-refractivity contribution in [1.29, 1.82) is 0 Å². The van der Waals surface area contributed by atoms with Crippen molar-refractivity contribution in [1.82, 2.24) is 0 Å². The van der Waals surface area contributed by atoms with Gasteiger partial charge in [0.15, 0.2) is 0 Å². The largest absolute Gasteiger partial charge is 0.405 e. The zero-order valence-corrected chi connectivity index (χ0v) is 3.24. The van der Waals surface area contributed by atoms with Gasteiger partial charge in [-0.25, -0.2) is 4.57 Å². The van der Waals surface area contributed by atoms with Crippen molar-refractivity contribution in [2.45, 2.75) is 0 Å². The first kappa shape index (κ1) is 4.46. The minimum atomic E-state index is -0.456. The van der Waals surface area contributed by atoms with E-state index in [1.54, 1.807) is 6.11 Å². The van der Waals surface area contributed by atoms with E-state index in [1.807, 2.05) is 0 Å². The van der Waals surface area contributed by atoms with Gasteiger partial charge in [-0.2, -0.15) is 0 Å². The first-order valence-corrected chi connectivity index (χ1v) is 1.59. The molecule has 0 N–H and O–H groups in total. The summed E-state index contributed by atoms with van der Waals surface area (Å²) in [7, 11) is -0.456. The summed E-state index contributed by atoms with van der Waals surface area (Å²) in [6.07, 6.45) is 6.15. The summed E-state index contributed by atoms with van der Waals surface area (Å²) >= 11 is 0. The van der Waals surface area contributed by atoms with Gasteiger partial charge in [0.1, 0.15) is 6.11 Å². The van der Waals surface area contributed by atoms with Crippen LogP contribution >= 0.6 is 8.69 Å². The summed E-state index contributed by atoms with van der Waals surface area (Å²) in [6, 6.07) is 0. The zero-order valence-electron chi connectivity index (χ0n) is 2.34. The molecule has 0 rings (SSSR count). The summed E-state index contributed by atoms with van der Waals surface area (Å²) in [5, 5.41) is 0. The molecule has 0 saturated carbocycles. The fraction of sp³-hybridized carbons (Fsp3) is 0. The lowest BCUT2D eigenvalue weighted by Crippen LogP contribution is -1.43. The van der Waals surface area contributed by atoms with Crippen molar-refractivity contribution in [3.05, 3.63) is 0 Å². The Hall–Kier alpha value is -0.540. The number of hydrogen-bond donors (Lipinski definition) is 0. The second-order valence-electron chi connectivity index (χ2n) is 0.284. The molecule has 0 atom stereocenters. The molecule has 5 heavy (non-hydrogen) atoms. The lowest BCUT2D eigenvalue weighted by Gasteiger charge is -1.61. The molecule has 0 saturated heterocycles. The van der Waals surface area contributed by atoms with Crippen LogP contribution in [0.1, 0.15) is 0 Å². The Bertz CT molecular complexity index is 62.5. The van der Waals surface area contributed by atoms with Crippen molar-refractivity contribution < 1.29 is 9.09 Å². The molecule has 0 aliphatic carbocycles. The maximum absolute atomic E-state index is 9.14. The fourth-order valence-corrected chi connectivity index (χ4v) is 0.0645. The minimum absolute atomic E-state index is 0.456. The van der Waals surface area contributed by atoms with Gasteiger partial charge in [-0.1, -0.05) is 6.42 Å². The van der Waals surface area contributed by atoms with Gasteiger partial charge in [-0.3, -0.25) is 0 Å². The summed E-state index contributed by atoms with van der Waals surface area (Å²) in [5.41, 5.74) is 0. The van der Waals surface area contributed by atoms with Gasteiger partial charge in [-0.15, -0.1) is 0 Å². The topological polar surface area (TPSA) is 26.3 Å². The van der Waals surface area contributed by atoms with Crippen LogP contribution in [-0.4, -0.2) is 0 Å². The highest BCUT2D eigenvalue weighted by atomic mass is 31.1. The second kappa shape index (κ2) is 3.46. The first-order chi connectivity index (χ1) is 2.41. The Morgan fingerprint density at radius 2 is 2.60 bits per heavy atom. The Kier molecular flexibility index (Phi) is 3.09. The summed E-state index contributed by atoms with van der Waals surface area (Å²) < 4.78 is 12.9. The lowest BCUT2D eigenvalue weighted by molar-refractivity contribution is 0.507. The van der Waals surface area contributed by atoms with Crippen LogP contribution in [0.15, 0.2) is 0 Å². The molecule has 0 aromatic carbocycles. The van der Waals surface area contributed by atoms with E-state index in [4.69, 9.17) is 4.57 Å².